The number of alkyl halides is 2. The van der Waals surface area contributed by atoms with Gasteiger partial charge in [0.15, 0.2) is 23.0 Å². The first-order valence-corrected chi connectivity index (χ1v) is 10.1. The normalized spacial score (nSPS) is 13.2. The molecule has 1 aliphatic carbocycles. The summed E-state index contributed by atoms with van der Waals surface area (Å²) in [7, 11) is 0. The summed E-state index contributed by atoms with van der Waals surface area (Å²) in [5, 5.41) is 2.75. The number of rotatable bonds is 10. The molecule has 3 aromatic rings. The number of hydrogen-bond acceptors (Lipinski definition) is 7. The van der Waals surface area contributed by atoms with Crippen molar-refractivity contribution in [3.8, 4) is 23.0 Å². The van der Waals surface area contributed by atoms with Crippen molar-refractivity contribution in [3.05, 3.63) is 59.7 Å². The molecule has 2 heterocycles. The molecule has 32 heavy (non-hydrogen) atoms. The van der Waals surface area contributed by atoms with Crippen molar-refractivity contribution in [2.24, 2.45) is 11.7 Å². The van der Waals surface area contributed by atoms with E-state index in [0.29, 0.717) is 18.1 Å². The summed E-state index contributed by atoms with van der Waals surface area (Å²) >= 11 is 0. The minimum Gasteiger partial charge on any atom is -0.489 e. The maximum Gasteiger partial charge on any atom is 0.387 e. The number of oxazole rings is 1. The van der Waals surface area contributed by atoms with Gasteiger partial charge in [-0.2, -0.15) is 8.78 Å². The first-order chi connectivity index (χ1) is 15.5. The van der Waals surface area contributed by atoms with E-state index in [0.717, 1.165) is 18.4 Å². The highest BCUT2D eigenvalue weighted by Gasteiger charge is 2.24. The van der Waals surface area contributed by atoms with E-state index in [1.165, 1.54) is 18.2 Å². The van der Waals surface area contributed by atoms with Crippen LogP contribution in [0.4, 0.5) is 8.78 Å². The average molecular weight is 444 g/mol. The highest BCUT2D eigenvalue weighted by Crippen LogP contribution is 2.36. The van der Waals surface area contributed by atoms with Gasteiger partial charge in [0.05, 0.1) is 13.2 Å². The average Bonchev–Trinajstić information content (AvgIpc) is 3.53. The van der Waals surface area contributed by atoms with E-state index in [2.05, 4.69) is 20.0 Å². The van der Waals surface area contributed by atoms with Gasteiger partial charge < -0.3 is 24.9 Å². The number of nitrogens with two attached hydrogens (primary N) is 1. The molecule has 0 bridgehead atoms. The van der Waals surface area contributed by atoms with Crippen molar-refractivity contribution in [2.45, 2.75) is 32.5 Å². The smallest absolute Gasteiger partial charge is 0.387 e. The Labute approximate surface area is 182 Å². The molecule has 168 valence electrons. The number of pyridine rings is 1. The van der Waals surface area contributed by atoms with Gasteiger partial charge in [-0.3, -0.25) is 9.78 Å². The van der Waals surface area contributed by atoms with Crippen LogP contribution in [-0.4, -0.2) is 29.1 Å². The zero-order valence-corrected chi connectivity index (χ0v) is 17.1. The number of nitrogens with zero attached hydrogens (tertiary/aromatic N) is 2. The third-order valence-electron chi connectivity index (χ3n) is 4.85. The maximum atomic E-state index is 12.8. The van der Waals surface area contributed by atoms with Crippen LogP contribution in [-0.2, 0) is 13.1 Å². The predicted octanol–water partition coefficient (Wildman–Crippen LogP) is 3.52. The Morgan fingerprint density at radius 2 is 2.12 bits per heavy atom. The van der Waals surface area contributed by atoms with Crippen molar-refractivity contribution in [3.63, 3.8) is 0 Å². The molecule has 4 rings (SSSR count). The number of benzene rings is 1. The molecule has 3 N–H and O–H groups in total. The molecule has 2 aromatic heterocycles. The molecule has 0 spiro atoms. The lowest BCUT2D eigenvalue weighted by atomic mass is 10.2. The van der Waals surface area contributed by atoms with Crippen LogP contribution in [0.2, 0.25) is 0 Å². The van der Waals surface area contributed by atoms with Crippen LogP contribution in [0, 0.1) is 5.92 Å². The molecule has 0 radical (unpaired) electrons. The van der Waals surface area contributed by atoms with E-state index in [1.54, 1.807) is 18.5 Å². The van der Waals surface area contributed by atoms with Crippen LogP contribution in [0.15, 0.2) is 47.1 Å². The van der Waals surface area contributed by atoms with Crippen LogP contribution < -0.4 is 20.5 Å². The fourth-order valence-corrected chi connectivity index (χ4v) is 3.00. The molecule has 0 atom stereocenters. The van der Waals surface area contributed by atoms with Gasteiger partial charge in [0.1, 0.15) is 0 Å². The van der Waals surface area contributed by atoms with Gasteiger partial charge in [-0.15, -0.1) is 0 Å². The first-order valence-electron chi connectivity index (χ1n) is 10.1. The molecule has 1 amide bonds. The number of amides is 1. The van der Waals surface area contributed by atoms with Gasteiger partial charge in [-0.25, -0.2) is 4.98 Å². The second-order valence-electron chi connectivity index (χ2n) is 7.33. The van der Waals surface area contributed by atoms with Gasteiger partial charge in [0.25, 0.3) is 5.91 Å². The lowest BCUT2D eigenvalue weighted by Gasteiger charge is -2.12. The van der Waals surface area contributed by atoms with Crippen molar-refractivity contribution in [1.82, 2.24) is 15.3 Å². The summed E-state index contributed by atoms with van der Waals surface area (Å²) < 4.78 is 41.4. The summed E-state index contributed by atoms with van der Waals surface area (Å²) in [6.45, 7) is -2.35. The van der Waals surface area contributed by atoms with Crippen molar-refractivity contribution in [1.29, 1.82) is 0 Å². The van der Waals surface area contributed by atoms with E-state index in [9.17, 15) is 13.6 Å². The minimum atomic E-state index is -2.98. The summed E-state index contributed by atoms with van der Waals surface area (Å²) in [5.41, 5.74) is 7.06. The van der Waals surface area contributed by atoms with Crippen molar-refractivity contribution >= 4 is 5.91 Å². The van der Waals surface area contributed by atoms with Crippen LogP contribution >= 0.6 is 0 Å². The number of nitrogens with one attached hydrogen (secondary N) is 1. The Hall–Kier alpha value is -3.53. The van der Waals surface area contributed by atoms with Crippen LogP contribution in [0.5, 0.6) is 11.5 Å². The Morgan fingerprint density at radius 3 is 2.81 bits per heavy atom. The molecule has 1 aromatic carbocycles. The van der Waals surface area contributed by atoms with Gasteiger partial charge in [0, 0.05) is 24.5 Å². The summed E-state index contributed by atoms with van der Waals surface area (Å²) in [4.78, 5) is 20.9. The molecule has 10 heteroatoms. The van der Waals surface area contributed by atoms with Gasteiger partial charge in [0.2, 0.25) is 5.89 Å². The van der Waals surface area contributed by atoms with E-state index in [4.69, 9.17) is 14.9 Å². The molecule has 0 saturated heterocycles. The SMILES string of the molecule is NCc1oc(-c2ccc(OC(F)F)c(OCC3CC3)c2)nc1C(=O)NCc1cccnc1. The van der Waals surface area contributed by atoms with Crippen LogP contribution in [0.3, 0.4) is 0 Å². The number of aromatic nitrogens is 2. The third kappa shape index (κ3) is 5.38. The highest BCUT2D eigenvalue weighted by molar-refractivity contribution is 5.93. The Balaban J connectivity index is 1.55. The standard InChI is InChI=1S/C22H22F2N4O4/c23-22(24)32-16-6-5-15(8-17(16)30-12-13-3-4-13)21-28-19(18(9-25)31-21)20(29)27-11-14-2-1-7-26-10-14/h1-2,5-8,10,13,22H,3-4,9,11-12,25H2,(H,27,29). The monoisotopic (exact) mass is 444 g/mol. The third-order valence-corrected chi connectivity index (χ3v) is 4.85. The molecule has 0 unspecified atom stereocenters. The number of hydrogen-bond donors (Lipinski definition) is 2. The van der Waals surface area contributed by atoms with Gasteiger partial charge in [-0.1, -0.05) is 6.07 Å². The van der Waals surface area contributed by atoms with Crippen molar-refractivity contribution < 1.29 is 27.5 Å². The lowest BCUT2D eigenvalue weighted by Crippen LogP contribution is -2.24. The number of carbonyl (C=O) groups is 1. The summed E-state index contributed by atoms with van der Waals surface area (Å²) in [6, 6.07) is 7.97. The molecule has 1 aliphatic rings. The molecule has 0 aliphatic heterocycles. The van der Waals surface area contributed by atoms with Crippen LogP contribution in [0.1, 0.15) is 34.7 Å². The second kappa shape index (κ2) is 9.73. The molecular formula is C22H22F2N4O4. The number of ether oxygens (including phenoxy) is 2. The molecule has 1 saturated carbocycles. The molecule has 1 fully saturated rings. The highest BCUT2D eigenvalue weighted by atomic mass is 19.3. The topological polar surface area (TPSA) is 113 Å². The van der Waals surface area contributed by atoms with E-state index < -0.39 is 12.5 Å². The van der Waals surface area contributed by atoms with E-state index in [-0.39, 0.29) is 41.9 Å². The molecular weight excluding hydrogens is 422 g/mol. The summed E-state index contributed by atoms with van der Waals surface area (Å²) in [5.74, 6) is 0.369. The maximum absolute atomic E-state index is 12.8. The Bertz CT molecular complexity index is 1070. The van der Waals surface area contributed by atoms with Crippen molar-refractivity contribution in [2.75, 3.05) is 6.61 Å². The lowest BCUT2D eigenvalue weighted by molar-refractivity contribution is -0.0515. The van der Waals surface area contributed by atoms with E-state index >= 15 is 0 Å². The Kier molecular flexibility index (Phi) is 6.60. The van der Waals surface area contributed by atoms with Gasteiger partial charge in [-0.05, 0) is 48.6 Å². The van der Waals surface area contributed by atoms with Crippen LogP contribution in [0.25, 0.3) is 11.5 Å². The fraction of sp³-hybridized carbons (Fsp3) is 0.318. The largest absolute Gasteiger partial charge is 0.489 e. The first kappa shape index (κ1) is 21.7. The summed E-state index contributed by atoms with van der Waals surface area (Å²) in [6.07, 6.45) is 5.37. The van der Waals surface area contributed by atoms with E-state index in [1.807, 2.05) is 6.07 Å². The zero-order valence-electron chi connectivity index (χ0n) is 17.1. The molecule has 8 nitrogen and oxygen atoms in total. The minimum absolute atomic E-state index is 0.0414. The number of halogens is 2. The predicted molar refractivity (Wildman–Crippen MR) is 110 cm³/mol. The second-order valence-corrected chi connectivity index (χ2v) is 7.33. The van der Waals surface area contributed by atoms with Gasteiger partial charge >= 0.3 is 6.61 Å². The fourth-order valence-electron chi connectivity index (χ4n) is 3.00. The Morgan fingerprint density at radius 1 is 1.28 bits per heavy atom. The zero-order chi connectivity index (χ0) is 22.5. The number of carbonyl (C=O) groups excluding carboxylic acids is 1. The quantitative estimate of drug-likeness (QED) is 0.492.